The molecule has 0 atom stereocenters. The molecule has 4 saturated heterocycles. The summed E-state index contributed by atoms with van der Waals surface area (Å²) in [6.45, 7) is 0.159. The first-order valence-corrected chi connectivity index (χ1v) is 16.4. The Morgan fingerprint density at radius 3 is 2.23 bits per heavy atom. The number of anilines is 1. The van der Waals surface area contributed by atoms with Gasteiger partial charge in [0.1, 0.15) is 0 Å². The maximum atomic E-state index is 6.82. The summed E-state index contributed by atoms with van der Waals surface area (Å²) in [4.78, 5) is 0. The van der Waals surface area contributed by atoms with Gasteiger partial charge in [0.2, 0.25) is 0 Å². The van der Waals surface area contributed by atoms with Gasteiger partial charge >= 0.3 is 229 Å². The number of benzene rings is 5. The summed E-state index contributed by atoms with van der Waals surface area (Å²) in [5.74, 6) is 2.03. The Morgan fingerprint density at radius 2 is 1.41 bits per heavy atom. The van der Waals surface area contributed by atoms with Gasteiger partial charge in [0.25, 0.3) is 0 Å². The maximum absolute atomic E-state index is 6.82. The van der Waals surface area contributed by atoms with Crippen molar-refractivity contribution in [1.29, 1.82) is 0 Å². The third-order valence-electron chi connectivity index (χ3n) is 10.7. The molecule has 2 radical (unpaired) electrons. The Hall–Kier alpha value is -3.75. The molecule has 6 aromatic rings. The fourth-order valence-corrected chi connectivity index (χ4v) is 17.3. The molecule has 9 heteroatoms. The summed E-state index contributed by atoms with van der Waals surface area (Å²) < 4.78 is 9.31. The molecule has 1 N–H and O–H groups in total. The normalized spacial score (nSPS) is 19.7. The summed E-state index contributed by atoms with van der Waals surface area (Å²) in [5.41, 5.74) is 9.25. The van der Waals surface area contributed by atoms with E-state index in [0.717, 1.165) is 30.1 Å². The Kier molecular flexibility index (Phi) is 3.20. The summed E-state index contributed by atoms with van der Waals surface area (Å²) in [6.07, 6.45) is -0.0209. The zero-order valence-electron chi connectivity index (χ0n) is 21.1. The molecule has 5 aromatic carbocycles. The van der Waals surface area contributed by atoms with Crippen LogP contribution >= 0.6 is 6.39 Å². The van der Waals surface area contributed by atoms with Gasteiger partial charge in [0.05, 0.1) is 0 Å². The molecular formula is C30H19B5N2OP-. The number of para-hydroxylation sites is 3. The van der Waals surface area contributed by atoms with Gasteiger partial charge in [-0.2, -0.15) is 0 Å². The second-order valence-electron chi connectivity index (χ2n) is 12.0. The van der Waals surface area contributed by atoms with Crippen molar-refractivity contribution in [3.05, 3.63) is 109 Å². The van der Waals surface area contributed by atoms with Crippen LogP contribution < -0.4 is 31.5 Å². The van der Waals surface area contributed by atoms with Crippen LogP contribution in [0, 0.1) is 0 Å². The summed E-state index contributed by atoms with van der Waals surface area (Å²) >= 11 is 0. The molecular weight excluding hydrogens is 489 g/mol. The number of aromatic nitrogens is 1. The summed E-state index contributed by atoms with van der Waals surface area (Å²) in [7, 11) is 2.61. The topological polar surface area (TPSA) is 26.2 Å². The number of ether oxygens (including phenoxy) is 1. The van der Waals surface area contributed by atoms with Crippen molar-refractivity contribution < 1.29 is 4.74 Å². The van der Waals surface area contributed by atoms with Gasteiger partial charge in [-0.3, -0.25) is 0 Å². The van der Waals surface area contributed by atoms with Gasteiger partial charge in [-0.25, -0.2) is 0 Å². The molecule has 6 aliphatic rings. The van der Waals surface area contributed by atoms with Crippen molar-refractivity contribution in [3.63, 3.8) is 0 Å². The monoisotopic (exact) mass is 509 g/mol. The number of rotatable bonds is 3. The van der Waals surface area contributed by atoms with Crippen molar-refractivity contribution in [2.75, 3.05) is 5.09 Å². The van der Waals surface area contributed by atoms with Crippen LogP contribution in [-0.2, 0) is 0 Å². The number of hydrogen-bond acceptors (Lipinski definition) is 2. The van der Waals surface area contributed by atoms with E-state index in [4.69, 9.17) is 4.74 Å². The first kappa shape index (κ1) is 20.2. The quantitative estimate of drug-likeness (QED) is 0.290. The van der Waals surface area contributed by atoms with Crippen LogP contribution in [0.15, 0.2) is 109 Å². The Morgan fingerprint density at radius 1 is 0.692 bits per heavy atom. The zero-order valence-corrected chi connectivity index (χ0v) is 22.0. The second-order valence-corrected chi connectivity index (χ2v) is 17.1. The molecule has 3 nitrogen and oxygen atoms in total. The van der Waals surface area contributed by atoms with Crippen LogP contribution in [-0.4, -0.2) is 37.0 Å². The molecule has 12 rings (SSSR count). The standard InChI is InChI=1S/C30H19B5N2OP/c1-2-9-19(10-3-1)36-39(33-31-34(39)35(33)39)27-18-8-17-26-29(27)32-22-13-6-12-21-20-11-4-5-14-23(20)37(30(21)22)24-15-7-16-25(38-26)28(24)32/h1-18,36H/q-1. The van der Waals surface area contributed by atoms with Gasteiger partial charge in [-0.1, -0.05) is 0 Å². The third-order valence-corrected chi connectivity index (χ3v) is 17.7. The molecule has 4 fully saturated rings. The molecule has 176 valence electrons. The number of nitrogens with one attached hydrogen (secondary N) is 1. The average Bonchev–Trinajstić information content (AvgIpc) is 3.55. The summed E-state index contributed by atoms with van der Waals surface area (Å²) in [5, 5.41) is 8.47. The van der Waals surface area contributed by atoms with Gasteiger partial charge < -0.3 is 0 Å². The molecule has 39 heavy (non-hydrogen) atoms. The molecule has 6 aliphatic heterocycles. The molecule has 1 aromatic heterocycles. The van der Waals surface area contributed by atoms with E-state index in [2.05, 4.69) is 126 Å². The van der Waals surface area contributed by atoms with Crippen LogP contribution in [0.5, 0.6) is 11.5 Å². The van der Waals surface area contributed by atoms with E-state index >= 15 is 0 Å². The van der Waals surface area contributed by atoms with E-state index in [0.29, 0.717) is 0 Å². The Bertz CT molecular complexity index is 2110. The molecule has 7 heterocycles. The van der Waals surface area contributed by atoms with Gasteiger partial charge in [0, 0.05) is 0 Å². The van der Waals surface area contributed by atoms with Crippen LogP contribution in [0.1, 0.15) is 0 Å². The van der Waals surface area contributed by atoms with Crippen molar-refractivity contribution in [3.8, 4) is 17.2 Å². The van der Waals surface area contributed by atoms with E-state index in [-0.39, 0.29) is 6.71 Å². The molecule has 0 unspecified atom stereocenters. The fraction of sp³-hybridized carbons (Fsp3) is 0. The van der Waals surface area contributed by atoms with Gasteiger partial charge in [0.15, 0.2) is 0 Å². The Balaban J connectivity index is 1.25. The number of hydrogen-bond donors (Lipinski definition) is 1. The predicted octanol–water partition coefficient (Wildman–Crippen LogP) is 3.79. The van der Waals surface area contributed by atoms with Crippen molar-refractivity contribution in [2.24, 2.45) is 0 Å². The van der Waals surface area contributed by atoms with E-state index < -0.39 is 6.39 Å². The fourth-order valence-electron chi connectivity index (χ4n) is 9.03. The third kappa shape index (κ3) is 1.95. The molecule has 0 amide bonds. The van der Waals surface area contributed by atoms with E-state index in [1.807, 2.05) is 0 Å². The average molecular weight is 509 g/mol. The van der Waals surface area contributed by atoms with Crippen molar-refractivity contribution in [2.45, 2.75) is 0 Å². The minimum absolute atomic E-state index is 0.159. The van der Waals surface area contributed by atoms with Crippen LogP contribution in [0.4, 0.5) is 5.69 Å². The molecule has 2 bridgehead atoms. The van der Waals surface area contributed by atoms with Crippen molar-refractivity contribution >= 4 is 88.0 Å². The first-order valence-electron chi connectivity index (χ1n) is 14.0. The molecule has 0 aliphatic carbocycles. The SMILES string of the molecule is [B-]1B2B3B1P23(Nc1ccccc1)c1cccc2c1B1c3c(cccc3-n3c4ccccc4c4cccc1c43)O2. The van der Waals surface area contributed by atoms with Gasteiger partial charge in [-0.05, 0) is 0 Å². The van der Waals surface area contributed by atoms with Crippen LogP contribution in [0.2, 0.25) is 0 Å². The number of nitrogens with zero attached hydrogens (tertiary/aromatic N) is 1. The molecule has 0 spiro atoms. The zero-order chi connectivity index (χ0) is 25.1. The van der Waals surface area contributed by atoms with E-state index in [1.165, 1.54) is 49.6 Å². The van der Waals surface area contributed by atoms with E-state index in [9.17, 15) is 0 Å². The number of fused-ring (bicyclic) bond motifs is 7. The van der Waals surface area contributed by atoms with Crippen LogP contribution in [0.3, 0.4) is 0 Å². The van der Waals surface area contributed by atoms with E-state index in [1.54, 1.807) is 5.30 Å². The Labute approximate surface area is 228 Å². The molecule has 0 saturated carbocycles. The minimum atomic E-state index is -2.27. The van der Waals surface area contributed by atoms with Crippen LogP contribution in [0.25, 0.3) is 27.5 Å². The summed E-state index contributed by atoms with van der Waals surface area (Å²) in [6, 6.07) is 40.2. The second kappa shape index (κ2) is 6.19. The predicted molar refractivity (Wildman–Crippen MR) is 172 cm³/mol. The first-order chi connectivity index (χ1) is 19.3. The van der Waals surface area contributed by atoms with Gasteiger partial charge in [-0.15, -0.1) is 0 Å². The van der Waals surface area contributed by atoms with Crippen molar-refractivity contribution in [1.82, 2.24) is 4.57 Å².